The van der Waals surface area contributed by atoms with Crippen LogP contribution in [-0.2, 0) is 12.3 Å². The van der Waals surface area contributed by atoms with E-state index < -0.39 is 5.92 Å². The third-order valence-electron chi connectivity index (χ3n) is 2.07. The number of thiophene rings is 1. The Morgan fingerprint density at radius 2 is 2.25 bits per heavy atom. The summed E-state index contributed by atoms with van der Waals surface area (Å²) in [6.45, 7) is 0. The summed E-state index contributed by atoms with van der Waals surface area (Å²) in [6, 6.07) is 1.76. The molecular formula is C8H8F2S2. The first-order valence-electron chi connectivity index (χ1n) is 3.79. The quantitative estimate of drug-likeness (QED) is 0.617. The fourth-order valence-electron chi connectivity index (χ4n) is 1.52. The Morgan fingerprint density at radius 3 is 2.92 bits per heavy atom. The minimum absolute atomic E-state index is 0.00622. The summed E-state index contributed by atoms with van der Waals surface area (Å²) in [5, 5.41) is 0. The van der Waals surface area contributed by atoms with Gasteiger partial charge in [0.15, 0.2) is 0 Å². The summed E-state index contributed by atoms with van der Waals surface area (Å²) in [7, 11) is 0. The molecule has 0 amide bonds. The second-order valence-electron chi connectivity index (χ2n) is 3.00. The van der Waals surface area contributed by atoms with Crippen molar-refractivity contribution in [2.24, 2.45) is 0 Å². The van der Waals surface area contributed by atoms with Gasteiger partial charge in [-0.25, -0.2) is 8.78 Å². The Balaban J connectivity index is 2.51. The van der Waals surface area contributed by atoms with E-state index in [-0.39, 0.29) is 11.3 Å². The first kappa shape index (κ1) is 8.51. The predicted molar refractivity (Wildman–Crippen MR) is 48.4 cm³/mol. The molecule has 1 aliphatic carbocycles. The van der Waals surface area contributed by atoms with Gasteiger partial charge in [0.1, 0.15) is 0 Å². The van der Waals surface area contributed by atoms with Crippen LogP contribution in [0.3, 0.4) is 0 Å². The first-order chi connectivity index (χ1) is 5.59. The molecule has 0 aliphatic heterocycles. The molecule has 0 saturated carbocycles. The van der Waals surface area contributed by atoms with Gasteiger partial charge in [-0.3, -0.25) is 0 Å². The highest BCUT2D eigenvalue weighted by atomic mass is 32.2. The smallest absolute Gasteiger partial charge is 0.200 e. The van der Waals surface area contributed by atoms with Crippen molar-refractivity contribution in [3.63, 3.8) is 0 Å². The molecule has 0 unspecified atom stereocenters. The standard InChI is InChI=1S/C8H8F2S2/c9-8(10)3-1-2-5-4-6(11)12-7(5)8/h4,11H,1-3H2. The molecule has 0 radical (unpaired) electrons. The van der Waals surface area contributed by atoms with Crippen LogP contribution in [0, 0.1) is 0 Å². The van der Waals surface area contributed by atoms with Gasteiger partial charge in [-0.2, -0.15) is 0 Å². The van der Waals surface area contributed by atoms with Gasteiger partial charge < -0.3 is 0 Å². The van der Waals surface area contributed by atoms with Gasteiger partial charge in [-0.05, 0) is 24.5 Å². The molecule has 2 rings (SSSR count). The minimum atomic E-state index is -2.60. The van der Waals surface area contributed by atoms with Crippen LogP contribution in [-0.4, -0.2) is 0 Å². The van der Waals surface area contributed by atoms with Crippen molar-refractivity contribution >= 4 is 24.0 Å². The lowest BCUT2D eigenvalue weighted by Crippen LogP contribution is -2.18. The van der Waals surface area contributed by atoms with Gasteiger partial charge in [0.05, 0.1) is 9.09 Å². The van der Waals surface area contributed by atoms with E-state index in [0.29, 0.717) is 10.6 Å². The number of hydrogen-bond acceptors (Lipinski definition) is 2. The number of halogens is 2. The monoisotopic (exact) mass is 206 g/mol. The van der Waals surface area contributed by atoms with Crippen molar-refractivity contribution in [3.05, 3.63) is 16.5 Å². The normalized spacial score (nSPS) is 20.6. The molecule has 66 valence electrons. The van der Waals surface area contributed by atoms with E-state index in [0.717, 1.165) is 23.3 Å². The fraction of sp³-hybridized carbons (Fsp3) is 0.500. The Kier molecular flexibility index (Phi) is 1.92. The summed E-state index contributed by atoms with van der Waals surface area (Å²) in [5.41, 5.74) is 0.793. The van der Waals surface area contributed by atoms with Crippen LogP contribution in [0.4, 0.5) is 8.78 Å². The largest absolute Gasteiger partial charge is 0.282 e. The lowest BCUT2D eigenvalue weighted by Gasteiger charge is -2.21. The number of aryl methyl sites for hydroxylation is 1. The molecule has 1 aromatic rings. The number of rotatable bonds is 0. The van der Waals surface area contributed by atoms with E-state index in [1.54, 1.807) is 6.07 Å². The highest BCUT2D eigenvalue weighted by Crippen LogP contribution is 2.45. The molecule has 1 aromatic heterocycles. The first-order valence-corrected chi connectivity index (χ1v) is 5.06. The number of fused-ring (bicyclic) bond motifs is 1. The van der Waals surface area contributed by atoms with Crippen molar-refractivity contribution in [2.45, 2.75) is 29.4 Å². The summed E-state index contributed by atoms with van der Waals surface area (Å²) in [6.07, 6.45) is 1.36. The third-order valence-corrected chi connectivity index (χ3v) is 3.56. The van der Waals surface area contributed by atoms with E-state index in [9.17, 15) is 8.78 Å². The molecule has 1 aliphatic rings. The highest BCUT2D eigenvalue weighted by molar-refractivity contribution is 7.82. The molecule has 0 aromatic carbocycles. The summed E-state index contributed by atoms with van der Waals surface area (Å²) in [5.74, 6) is -2.60. The molecule has 0 N–H and O–H groups in total. The maximum atomic E-state index is 13.2. The molecule has 0 atom stereocenters. The van der Waals surface area contributed by atoms with Crippen molar-refractivity contribution < 1.29 is 8.78 Å². The average Bonchev–Trinajstić information content (AvgIpc) is 2.30. The Hall–Kier alpha value is -0.0900. The van der Waals surface area contributed by atoms with Crippen LogP contribution in [0.5, 0.6) is 0 Å². The van der Waals surface area contributed by atoms with Gasteiger partial charge in [-0.15, -0.1) is 24.0 Å². The van der Waals surface area contributed by atoms with Gasteiger partial charge in [0, 0.05) is 6.42 Å². The zero-order valence-corrected chi connectivity index (χ0v) is 8.02. The molecule has 0 nitrogen and oxygen atoms in total. The van der Waals surface area contributed by atoms with E-state index in [1.807, 2.05) is 0 Å². The van der Waals surface area contributed by atoms with Crippen LogP contribution in [0.25, 0.3) is 0 Å². The molecule has 0 fully saturated rings. The third kappa shape index (κ3) is 1.27. The number of alkyl halides is 2. The Bertz CT molecular complexity index is 304. The van der Waals surface area contributed by atoms with Gasteiger partial charge in [0.2, 0.25) is 0 Å². The lowest BCUT2D eigenvalue weighted by atomic mass is 9.96. The molecule has 1 heterocycles. The SMILES string of the molecule is FC1(F)CCCc2cc(S)sc21. The average molecular weight is 206 g/mol. The Labute approximate surface area is 79.0 Å². The number of thiol groups is 1. The van der Waals surface area contributed by atoms with Crippen LogP contribution in [0.1, 0.15) is 23.3 Å². The highest BCUT2D eigenvalue weighted by Gasteiger charge is 2.38. The maximum absolute atomic E-state index is 13.2. The van der Waals surface area contributed by atoms with Crippen molar-refractivity contribution in [1.29, 1.82) is 0 Å². The zero-order valence-electron chi connectivity index (χ0n) is 6.31. The lowest BCUT2D eigenvalue weighted by molar-refractivity contribution is -0.0175. The summed E-state index contributed by atoms with van der Waals surface area (Å²) in [4.78, 5) is 0.235. The molecule has 0 spiro atoms. The van der Waals surface area contributed by atoms with Gasteiger partial charge in [0.25, 0.3) is 5.92 Å². The van der Waals surface area contributed by atoms with E-state index in [4.69, 9.17) is 0 Å². The van der Waals surface area contributed by atoms with Gasteiger partial charge >= 0.3 is 0 Å². The van der Waals surface area contributed by atoms with Crippen LogP contribution in [0.2, 0.25) is 0 Å². The van der Waals surface area contributed by atoms with E-state index >= 15 is 0 Å². The van der Waals surface area contributed by atoms with Crippen molar-refractivity contribution in [3.8, 4) is 0 Å². The molecular weight excluding hydrogens is 198 g/mol. The second kappa shape index (κ2) is 2.70. The Morgan fingerprint density at radius 1 is 1.50 bits per heavy atom. The molecule has 4 heteroatoms. The fourth-order valence-corrected chi connectivity index (χ4v) is 2.91. The molecule has 0 saturated heterocycles. The zero-order chi connectivity index (χ0) is 8.77. The van der Waals surface area contributed by atoms with Crippen molar-refractivity contribution in [2.75, 3.05) is 0 Å². The van der Waals surface area contributed by atoms with Crippen molar-refractivity contribution in [1.82, 2.24) is 0 Å². The van der Waals surface area contributed by atoms with Crippen LogP contribution < -0.4 is 0 Å². The van der Waals surface area contributed by atoms with E-state index in [2.05, 4.69) is 12.6 Å². The number of hydrogen-bond donors (Lipinski definition) is 1. The second-order valence-corrected chi connectivity index (χ2v) is 4.83. The molecule has 12 heavy (non-hydrogen) atoms. The maximum Gasteiger partial charge on any atom is 0.282 e. The van der Waals surface area contributed by atoms with Gasteiger partial charge in [-0.1, -0.05) is 0 Å². The topological polar surface area (TPSA) is 0 Å². The minimum Gasteiger partial charge on any atom is -0.200 e. The van der Waals surface area contributed by atoms with Crippen LogP contribution >= 0.6 is 24.0 Å². The van der Waals surface area contributed by atoms with E-state index in [1.165, 1.54) is 0 Å². The molecule has 0 bridgehead atoms. The van der Waals surface area contributed by atoms with Crippen LogP contribution in [0.15, 0.2) is 10.3 Å². The summed E-state index contributed by atoms with van der Waals surface area (Å²) < 4.78 is 27.1. The summed E-state index contributed by atoms with van der Waals surface area (Å²) >= 11 is 5.19. The predicted octanol–water partition coefficient (Wildman–Crippen LogP) is 3.46.